The summed E-state index contributed by atoms with van der Waals surface area (Å²) in [4.78, 5) is 18.2. The van der Waals surface area contributed by atoms with Crippen molar-refractivity contribution in [2.24, 2.45) is 0 Å². The van der Waals surface area contributed by atoms with Gasteiger partial charge in [-0.15, -0.1) is 0 Å². The van der Waals surface area contributed by atoms with Crippen LogP contribution in [-0.2, 0) is 20.3 Å². The van der Waals surface area contributed by atoms with E-state index in [4.69, 9.17) is 9.26 Å². The molecule has 1 saturated carbocycles. The first-order valence-electron chi connectivity index (χ1n) is 9.77. The van der Waals surface area contributed by atoms with Crippen molar-refractivity contribution in [3.05, 3.63) is 11.7 Å². The average Bonchev–Trinajstić information content (AvgIpc) is 3.07. The van der Waals surface area contributed by atoms with E-state index in [1.807, 2.05) is 0 Å². The Balaban J connectivity index is 1.83. The van der Waals surface area contributed by atoms with Crippen LogP contribution < -0.4 is 0 Å². The molecule has 0 spiro atoms. The van der Waals surface area contributed by atoms with Crippen LogP contribution in [0.25, 0.3) is 0 Å². The molecule has 2 heterocycles. The van der Waals surface area contributed by atoms with Crippen LogP contribution in [0.5, 0.6) is 0 Å². The zero-order valence-electron chi connectivity index (χ0n) is 17.8. The van der Waals surface area contributed by atoms with Gasteiger partial charge in [-0.05, 0) is 33.6 Å². The number of carbonyl (C=O) groups is 1. The van der Waals surface area contributed by atoms with Crippen LogP contribution in [-0.4, -0.2) is 71.8 Å². The second kappa shape index (κ2) is 7.40. The van der Waals surface area contributed by atoms with Crippen molar-refractivity contribution in [3.63, 3.8) is 0 Å². The van der Waals surface area contributed by atoms with Gasteiger partial charge in [-0.1, -0.05) is 5.16 Å². The van der Waals surface area contributed by atoms with Gasteiger partial charge in [0, 0.05) is 38.9 Å². The van der Waals surface area contributed by atoms with E-state index in [9.17, 15) is 22.0 Å². The number of halogens is 2. The van der Waals surface area contributed by atoms with Gasteiger partial charge in [-0.3, -0.25) is 0 Å². The Morgan fingerprint density at radius 3 is 2.30 bits per heavy atom. The normalized spacial score (nSPS) is 22.1. The highest BCUT2D eigenvalue weighted by Gasteiger charge is 2.51. The van der Waals surface area contributed by atoms with Crippen molar-refractivity contribution in [3.8, 4) is 0 Å². The highest BCUT2D eigenvalue weighted by molar-refractivity contribution is 7.88. The Bertz CT molecular complexity index is 896. The number of carbonyl (C=O) groups excluding carboxylic acids is 1. The molecule has 2 aliphatic rings. The van der Waals surface area contributed by atoms with Gasteiger partial charge in [0.15, 0.2) is 5.82 Å². The number of alkyl halides is 2. The summed E-state index contributed by atoms with van der Waals surface area (Å²) < 4.78 is 63.0. The van der Waals surface area contributed by atoms with E-state index in [1.54, 1.807) is 20.8 Å². The summed E-state index contributed by atoms with van der Waals surface area (Å²) in [5, 5.41) is 3.84. The van der Waals surface area contributed by atoms with Gasteiger partial charge in [0.2, 0.25) is 21.8 Å². The first-order chi connectivity index (χ1) is 13.6. The van der Waals surface area contributed by atoms with E-state index in [2.05, 4.69) is 10.1 Å². The van der Waals surface area contributed by atoms with Crippen LogP contribution in [0.15, 0.2) is 4.52 Å². The topological polar surface area (TPSA) is 106 Å². The third-order valence-corrected chi connectivity index (χ3v) is 6.98. The molecule has 0 atom stereocenters. The highest BCUT2D eigenvalue weighted by atomic mass is 32.2. The second-order valence-electron chi connectivity index (χ2n) is 9.15. The van der Waals surface area contributed by atoms with Crippen molar-refractivity contribution >= 4 is 16.1 Å². The minimum Gasteiger partial charge on any atom is -0.444 e. The summed E-state index contributed by atoms with van der Waals surface area (Å²) >= 11 is 0. The summed E-state index contributed by atoms with van der Waals surface area (Å²) in [6, 6.07) is 0. The fourth-order valence-electron chi connectivity index (χ4n) is 3.80. The summed E-state index contributed by atoms with van der Waals surface area (Å²) in [7, 11) is -2.23. The molecule has 1 aromatic rings. The summed E-state index contributed by atoms with van der Waals surface area (Å²) in [6.07, 6.45) is 0.289. The summed E-state index contributed by atoms with van der Waals surface area (Å²) in [5.74, 6) is -3.03. The number of aromatic nitrogens is 2. The van der Waals surface area contributed by atoms with Crippen LogP contribution in [0.1, 0.15) is 64.1 Å². The van der Waals surface area contributed by atoms with E-state index < -0.39 is 39.1 Å². The maximum absolute atomic E-state index is 13.2. The van der Waals surface area contributed by atoms with Crippen molar-refractivity contribution < 1.29 is 31.3 Å². The van der Waals surface area contributed by atoms with Gasteiger partial charge in [-0.2, -0.15) is 9.29 Å². The Hall–Kier alpha value is -1.82. The fraction of sp³-hybridized carbons (Fsp3) is 0.833. The lowest BCUT2D eigenvalue weighted by Gasteiger charge is -2.43. The highest BCUT2D eigenvalue weighted by Crippen LogP contribution is 2.48. The number of likely N-dealkylation sites (tertiary alicyclic amines) is 1. The predicted molar refractivity (Wildman–Crippen MR) is 103 cm³/mol. The van der Waals surface area contributed by atoms with Crippen molar-refractivity contribution in [1.82, 2.24) is 19.3 Å². The van der Waals surface area contributed by atoms with Crippen molar-refractivity contribution in [2.75, 3.05) is 26.4 Å². The molecule has 30 heavy (non-hydrogen) atoms. The number of piperidine rings is 1. The Kier molecular flexibility index (Phi) is 5.64. The van der Waals surface area contributed by atoms with Gasteiger partial charge in [0.05, 0.1) is 6.26 Å². The molecule has 0 bridgehead atoms. The molecule has 12 heteroatoms. The van der Waals surface area contributed by atoms with E-state index in [-0.39, 0.29) is 50.5 Å². The van der Waals surface area contributed by atoms with Crippen molar-refractivity contribution in [2.45, 2.75) is 69.4 Å². The van der Waals surface area contributed by atoms with Gasteiger partial charge < -0.3 is 14.2 Å². The first kappa shape index (κ1) is 22.9. The lowest BCUT2D eigenvalue weighted by atomic mass is 9.81. The largest absolute Gasteiger partial charge is 0.444 e. The first-order valence-corrected chi connectivity index (χ1v) is 11.6. The average molecular weight is 451 g/mol. The van der Waals surface area contributed by atoms with Gasteiger partial charge in [0.1, 0.15) is 11.1 Å². The fourth-order valence-corrected chi connectivity index (χ4v) is 4.70. The van der Waals surface area contributed by atoms with Crippen LogP contribution in [0.3, 0.4) is 0 Å². The van der Waals surface area contributed by atoms with Gasteiger partial charge in [-0.25, -0.2) is 22.0 Å². The minimum absolute atomic E-state index is 0.0597. The molecule has 0 aromatic carbocycles. The number of nitrogens with zero attached hydrogens (tertiary/aromatic N) is 4. The van der Waals surface area contributed by atoms with Crippen LogP contribution in [0, 0.1) is 0 Å². The molecule has 9 nitrogen and oxygen atoms in total. The molecule has 0 N–H and O–H groups in total. The minimum atomic E-state index is -3.65. The maximum atomic E-state index is 13.2. The number of rotatable bonds is 4. The van der Waals surface area contributed by atoms with Crippen LogP contribution in [0.4, 0.5) is 13.6 Å². The molecule has 1 aromatic heterocycles. The standard InChI is InChI=1S/C18H28F2N4O5S/c1-16(2,3)28-15(25)24-8-6-17(7-9-24,23(4)30(5,26)27)14-21-13(22-29-14)12-10-18(19,20)11-12/h12H,6-11H2,1-5H3. The molecule has 3 rings (SSSR count). The number of ether oxygens (including phenoxy) is 1. The number of hydrogen-bond acceptors (Lipinski definition) is 7. The zero-order valence-corrected chi connectivity index (χ0v) is 18.6. The molecule has 1 saturated heterocycles. The van der Waals surface area contributed by atoms with E-state index in [0.29, 0.717) is 0 Å². The molecule has 170 valence electrons. The SMILES string of the molecule is CN(C1(c2nc(C3CC(F)(F)C3)no2)CCN(C(=O)OC(C)(C)C)CC1)S(C)(=O)=O. The lowest BCUT2D eigenvalue weighted by molar-refractivity contribution is -0.0888. The van der Waals surface area contributed by atoms with E-state index in [1.165, 1.54) is 16.3 Å². The van der Waals surface area contributed by atoms with Crippen molar-refractivity contribution in [1.29, 1.82) is 0 Å². The van der Waals surface area contributed by atoms with Crippen LogP contribution >= 0.6 is 0 Å². The lowest BCUT2D eigenvalue weighted by Crippen LogP contribution is -2.55. The third kappa shape index (κ3) is 4.58. The summed E-state index contributed by atoms with van der Waals surface area (Å²) in [6.45, 7) is 5.73. The molecule has 1 amide bonds. The molecule has 1 aliphatic carbocycles. The molecular weight excluding hydrogens is 422 g/mol. The molecule has 0 unspecified atom stereocenters. The van der Waals surface area contributed by atoms with E-state index in [0.717, 1.165) is 6.26 Å². The Morgan fingerprint density at radius 2 is 1.83 bits per heavy atom. The predicted octanol–water partition coefficient (Wildman–Crippen LogP) is 2.70. The summed E-state index contributed by atoms with van der Waals surface area (Å²) in [5.41, 5.74) is -1.81. The zero-order chi connectivity index (χ0) is 22.5. The molecular formula is C18H28F2N4O5S. The monoisotopic (exact) mass is 450 g/mol. The van der Waals surface area contributed by atoms with Gasteiger partial charge in [0.25, 0.3) is 0 Å². The van der Waals surface area contributed by atoms with E-state index >= 15 is 0 Å². The Morgan fingerprint density at radius 1 is 1.27 bits per heavy atom. The number of amides is 1. The quantitative estimate of drug-likeness (QED) is 0.694. The molecule has 1 aliphatic heterocycles. The van der Waals surface area contributed by atoms with Gasteiger partial charge >= 0.3 is 6.09 Å². The maximum Gasteiger partial charge on any atom is 0.410 e. The smallest absolute Gasteiger partial charge is 0.410 e. The Labute approximate surface area is 174 Å². The number of sulfonamides is 1. The van der Waals surface area contributed by atoms with Crippen LogP contribution in [0.2, 0.25) is 0 Å². The molecule has 2 fully saturated rings. The molecule has 0 radical (unpaired) electrons. The number of hydrogen-bond donors (Lipinski definition) is 0. The second-order valence-corrected chi connectivity index (χ2v) is 11.2. The third-order valence-electron chi connectivity index (χ3n) is 5.64.